The number of hydrogen-bond acceptors (Lipinski definition) is 2. The number of benzene rings is 2. The molecule has 0 aliphatic rings. The molecule has 2 rings (SSSR count). The Morgan fingerprint density at radius 2 is 1.57 bits per heavy atom. The molecule has 0 N–H and O–H groups in total. The maximum absolute atomic E-state index is 12.1. The van der Waals surface area contributed by atoms with Crippen LogP contribution in [0.3, 0.4) is 0 Å². The van der Waals surface area contributed by atoms with Crippen molar-refractivity contribution in [1.29, 1.82) is 0 Å². The van der Waals surface area contributed by atoms with Crippen LogP contribution in [0.5, 0.6) is 5.75 Å². The van der Waals surface area contributed by atoms with Gasteiger partial charge in [0, 0.05) is 0 Å². The molecule has 21 heavy (non-hydrogen) atoms. The van der Waals surface area contributed by atoms with Crippen molar-refractivity contribution in [2.24, 2.45) is 0 Å². The van der Waals surface area contributed by atoms with Crippen LogP contribution in [-0.4, -0.2) is 5.97 Å². The first-order chi connectivity index (χ1) is 9.77. The fraction of sp³-hybridized carbons (Fsp3) is 0.316. The largest absolute Gasteiger partial charge is 0.423 e. The SMILES string of the molecule is Cc1ccc(C(=O)Oc2ccc(C(C)(C)C)cc2C)cc1. The molecule has 0 aliphatic heterocycles. The van der Waals surface area contributed by atoms with Crippen molar-refractivity contribution >= 4 is 5.97 Å². The van der Waals surface area contributed by atoms with E-state index in [1.807, 2.05) is 38.1 Å². The second-order valence-electron chi connectivity index (χ2n) is 6.49. The van der Waals surface area contributed by atoms with Crippen molar-refractivity contribution in [3.8, 4) is 5.75 Å². The predicted molar refractivity (Wildman–Crippen MR) is 86.0 cm³/mol. The summed E-state index contributed by atoms with van der Waals surface area (Å²) in [5, 5.41) is 0. The van der Waals surface area contributed by atoms with E-state index in [0.29, 0.717) is 11.3 Å². The summed E-state index contributed by atoms with van der Waals surface area (Å²) in [7, 11) is 0. The molecular weight excluding hydrogens is 260 g/mol. The highest BCUT2D eigenvalue weighted by molar-refractivity contribution is 5.91. The summed E-state index contributed by atoms with van der Waals surface area (Å²) in [4.78, 5) is 12.1. The van der Waals surface area contributed by atoms with Crippen LogP contribution in [0.4, 0.5) is 0 Å². The Hall–Kier alpha value is -2.09. The highest BCUT2D eigenvalue weighted by Crippen LogP contribution is 2.28. The van der Waals surface area contributed by atoms with E-state index in [2.05, 4.69) is 26.8 Å². The smallest absolute Gasteiger partial charge is 0.343 e. The van der Waals surface area contributed by atoms with E-state index >= 15 is 0 Å². The fourth-order valence-corrected chi connectivity index (χ4v) is 2.08. The van der Waals surface area contributed by atoms with Crippen molar-refractivity contribution in [3.05, 3.63) is 64.7 Å². The highest BCUT2D eigenvalue weighted by Gasteiger charge is 2.16. The summed E-state index contributed by atoms with van der Waals surface area (Å²) in [6.07, 6.45) is 0. The zero-order chi connectivity index (χ0) is 15.6. The molecule has 0 bridgehead atoms. The molecule has 0 spiro atoms. The monoisotopic (exact) mass is 282 g/mol. The van der Waals surface area contributed by atoms with Crippen LogP contribution in [0.1, 0.15) is 47.8 Å². The Morgan fingerprint density at radius 1 is 0.952 bits per heavy atom. The molecule has 0 heterocycles. The summed E-state index contributed by atoms with van der Waals surface area (Å²) in [5.41, 5.74) is 3.99. The molecule has 0 unspecified atom stereocenters. The van der Waals surface area contributed by atoms with Crippen LogP contribution < -0.4 is 4.74 Å². The third-order valence-corrected chi connectivity index (χ3v) is 3.53. The first kappa shape index (κ1) is 15.3. The lowest BCUT2D eigenvalue weighted by Gasteiger charge is -2.20. The van der Waals surface area contributed by atoms with E-state index in [-0.39, 0.29) is 11.4 Å². The molecule has 0 saturated heterocycles. The van der Waals surface area contributed by atoms with Crippen LogP contribution >= 0.6 is 0 Å². The van der Waals surface area contributed by atoms with Crippen molar-refractivity contribution in [1.82, 2.24) is 0 Å². The van der Waals surface area contributed by atoms with Crippen LogP contribution in [0.25, 0.3) is 0 Å². The van der Waals surface area contributed by atoms with Gasteiger partial charge in [-0.25, -0.2) is 4.79 Å². The third-order valence-electron chi connectivity index (χ3n) is 3.53. The maximum atomic E-state index is 12.1. The van der Waals surface area contributed by atoms with Crippen molar-refractivity contribution in [2.45, 2.75) is 40.0 Å². The predicted octanol–water partition coefficient (Wildman–Crippen LogP) is 4.82. The van der Waals surface area contributed by atoms with Crippen LogP contribution in [0.15, 0.2) is 42.5 Å². The Morgan fingerprint density at radius 3 is 2.10 bits per heavy atom. The van der Waals surface area contributed by atoms with Gasteiger partial charge < -0.3 is 4.74 Å². The Bertz CT molecular complexity index is 646. The number of ether oxygens (including phenoxy) is 1. The van der Waals surface area contributed by atoms with Gasteiger partial charge in [-0.1, -0.05) is 50.6 Å². The number of esters is 1. The van der Waals surface area contributed by atoms with Gasteiger partial charge in [-0.3, -0.25) is 0 Å². The molecule has 0 fully saturated rings. The Labute approximate surface area is 126 Å². The maximum Gasteiger partial charge on any atom is 0.343 e. The van der Waals surface area contributed by atoms with E-state index in [0.717, 1.165) is 11.1 Å². The molecule has 2 nitrogen and oxygen atoms in total. The number of rotatable bonds is 2. The van der Waals surface area contributed by atoms with E-state index in [4.69, 9.17) is 4.74 Å². The van der Waals surface area contributed by atoms with Crippen LogP contribution in [0, 0.1) is 13.8 Å². The Kier molecular flexibility index (Phi) is 4.17. The highest BCUT2D eigenvalue weighted by atomic mass is 16.5. The molecule has 2 aromatic carbocycles. The van der Waals surface area contributed by atoms with Crippen LogP contribution in [-0.2, 0) is 5.41 Å². The summed E-state index contributed by atoms with van der Waals surface area (Å²) in [6, 6.07) is 13.4. The molecule has 0 atom stereocenters. The third kappa shape index (κ3) is 3.72. The van der Waals surface area contributed by atoms with Crippen molar-refractivity contribution < 1.29 is 9.53 Å². The van der Waals surface area contributed by atoms with Gasteiger partial charge in [-0.2, -0.15) is 0 Å². The average molecular weight is 282 g/mol. The lowest BCUT2D eigenvalue weighted by atomic mass is 9.86. The lowest BCUT2D eigenvalue weighted by Crippen LogP contribution is -2.13. The number of hydrogen-bond donors (Lipinski definition) is 0. The zero-order valence-corrected chi connectivity index (χ0v) is 13.4. The van der Waals surface area contributed by atoms with E-state index < -0.39 is 0 Å². The van der Waals surface area contributed by atoms with Gasteiger partial charge in [0.2, 0.25) is 0 Å². The summed E-state index contributed by atoms with van der Waals surface area (Å²) in [5.74, 6) is 0.301. The molecule has 0 amide bonds. The first-order valence-corrected chi connectivity index (χ1v) is 7.17. The lowest BCUT2D eigenvalue weighted by molar-refractivity contribution is 0.0733. The molecule has 110 valence electrons. The number of carbonyl (C=O) groups excluding carboxylic acids is 1. The Balaban J connectivity index is 2.20. The minimum atomic E-state index is -0.318. The standard InChI is InChI=1S/C19H22O2/c1-13-6-8-15(9-7-13)18(20)21-17-11-10-16(12-14(17)2)19(3,4)5/h6-12H,1-5H3. The number of aryl methyl sites for hydroxylation is 2. The van der Waals surface area contributed by atoms with Gasteiger partial charge in [-0.15, -0.1) is 0 Å². The summed E-state index contributed by atoms with van der Waals surface area (Å²) >= 11 is 0. The summed E-state index contributed by atoms with van der Waals surface area (Å²) in [6.45, 7) is 10.5. The summed E-state index contributed by atoms with van der Waals surface area (Å²) < 4.78 is 5.50. The van der Waals surface area contributed by atoms with Crippen LogP contribution in [0.2, 0.25) is 0 Å². The van der Waals surface area contributed by atoms with E-state index in [1.54, 1.807) is 12.1 Å². The second-order valence-corrected chi connectivity index (χ2v) is 6.49. The van der Waals surface area contributed by atoms with E-state index in [1.165, 1.54) is 5.56 Å². The second kappa shape index (κ2) is 5.72. The van der Waals surface area contributed by atoms with Gasteiger partial charge in [0.05, 0.1) is 5.56 Å². The van der Waals surface area contributed by atoms with Gasteiger partial charge in [0.25, 0.3) is 0 Å². The van der Waals surface area contributed by atoms with Crippen molar-refractivity contribution in [2.75, 3.05) is 0 Å². The minimum Gasteiger partial charge on any atom is -0.423 e. The van der Waals surface area contributed by atoms with Gasteiger partial charge in [0.1, 0.15) is 5.75 Å². The van der Waals surface area contributed by atoms with Gasteiger partial charge in [-0.05, 0) is 48.6 Å². The minimum absolute atomic E-state index is 0.0876. The molecule has 0 aliphatic carbocycles. The normalized spacial score (nSPS) is 11.3. The van der Waals surface area contributed by atoms with Gasteiger partial charge >= 0.3 is 5.97 Å². The molecule has 2 heteroatoms. The van der Waals surface area contributed by atoms with Crippen molar-refractivity contribution in [3.63, 3.8) is 0 Å². The van der Waals surface area contributed by atoms with E-state index in [9.17, 15) is 4.79 Å². The topological polar surface area (TPSA) is 26.3 Å². The molecular formula is C19H22O2. The molecule has 0 aromatic heterocycles. The zero-order valence-electron chi connectivity index (χ0n) is 13.4. The average Bonchev–Trinajstić information content (AvgIpc) is 2.40. The first-order valence-electron chi connectivity index (χ1n) is 7.17. The fourth-order valence-electron chi connectivity index (χ4n) is 2.08. The molecule has 0 saturated carbocycles. The molecule has 2 aromatic rings. The quantitative estimate of drug-likeness (QED) is 0.583. The van der Waals surface area contributed by atoms with Gasteiger partial charge in [0.15, 0.2) is 0 Å². The molecule has 0 radical (unpaired) electrons. The number of carbonyl (C=O) groups is 1.